The summed E-state index contributed by atoms with van der Waals surface area (Å²) < 4.78 is 0. The number of hydrogen-bond acceptors (Lipinski definition) is 4. The Labute approximate surface area is 92.1 Å². The van der Waals surface area contributed by atoms with E-state index >= 15 is 0 Å². The molecule has 4 nitrogen and oxygen atoms in total. The van der Waals surface area contributed by atoms with Crippen molar-refractivity contribution >= 4 is 17.2 Å². The zero-order valence-electron chi connectivity index (χ0n) is 10.4. The van der Waals surface area contributed by atoms with Crippen LogP contribution >= 0.6 is 0 Å². The smallest absolute Gasteiger partial charge is 0.153 e. The number of nitrogens with zero attached hydrogens (tertiary/aromatic N) is 4. The van der Waals surface area contributed by atoms with Gasteiger partial charge in [-0.25, -0.2) is 4.98 Å². The van der Waals surface area contributed by atoms with Gasteiger partial charge in [0.05, 0.1) is 5.69 Å². The molecule has 0 spiro atoms. The van der Waals surface area contributed by atoms with E-state index in [-0.39, 0.29) is 0 Å². The number of pyridine rings is 1. The van der Waals surface area contributed by atoms with Crippen LogP contribution in [0.4, 0.5) is 17.2 Å². The highest BCUT2D eigenvalue weighted by molar-refractivity contribution is 5.81. The lowest BCUT2D eigenvalue weighted by molar-refractivity contribution is 1.01. The molecule has 0 amide bonds. The molecule has 1 heterocycles. The van der Waals surface area contributed by atoms with Crippen molar-refractivity contribution in [2.24, 2.45) is 0 Å². The Morgan fingerprint density at radius 1 is 0.867 bits per heavy atom. The molecule has 15 heavy (non-hydrogen) atoms. The van der Waals surface area contributed by atoms with E-state index in [1.54, 1.807) is 0 Å². The molecule has 0 saturated carbocycles. The van der Waals surface area contributed by atoms with Crippen LogP contribution in [0.15, 0.2) is 12.3 Å². The van der Waals surface area contributed by atoms with Crippen LogP contribution in [0.3, 0.4) is 0 Å². The van der Waals surface area contributed by atoms with Gasteiger partial charge in [-0.2, -0.15) is 0 Å². The van der Waals surface area contributed by atoms with Gasteiger partial charge in [-0.05, 0) is 6.07 Å². The summed E-state index contributed by atoms with van der Waals surface area (Å²) >= 11 is 0. The number of anilines is 3. The quantitative estimate of drug-likeness (QED) is 0.746. The monoisotopic (exact) mass is 208 g/mol. The van der Waals surface area contributed by atoms with Gasteiger partial charge in [0.2, 0.25) is 0 Å². The normalized spacial score (nSPS) is 10.0. The molecule has 0 saturated heterocycles. The molecular formula is C11H20N4. The van der Waals surface area contributed by atoms with Crippen LogP contribution in [0.5, 0.6) is 0 Å². The Morgan fingerprint density at radius 2 is 1.47 bits per heavy atom. The van der Waals surface area contributed by atoms with Crippen LogP contribution in [0, 0.1) is 0 Å². The molecule has 1 rings (SSSR count). The molecule has 0 N–H and O–H groups in total. The van der Waals surface area contributed by atoms with Gasteiger partial charge in [0.25, 0.3) is 0 Å². The Hall–Kier alpha value is -1.45. The molecule has 4 heteroatoms. The second-order valence-electron chi connectivity index (χ2n) is 4.19. The van der Waals surface area contributed by atoms with Crippen molar-refractivity contribution in [3.8, 4) is 0 Å². The van der Waals surface area contributed by atoms with Gasteiger partial charge in [0.15, 0.2) is 5.82 Å². The van der Waals surface area contributed by atoms with E-state index < -0.39 is 0 Å². The predicted octanol–water partition coefficient (Wildman–Crippen LogP) is 1.28. The number of rotatable bonds is 3. The number of aromatic nitrogens is 1. The van der Waals surface area contributed by atoms with E-state index in [1.807, 2.05) is 59.4 Å². The summed E-state index contributed by atoms with van der Waals surface area (Å²) in [5.41, 5.74) is 2.33. The summed E-state index contributed by atoms with van der Waals surface area (Å²) in [6.45, 7) is 0. The van der Waals surface area contributed by atoms with E-state index in [4.69, 9.17) is 0 Å². The molecular weight excluding hydrogens is 188 g/mol. The minimum atomic E-state index is 0.992. The largest absolute Gasteiger partial charge is 0.376 e. The van der Waals surface area contributed by atoms with Gasteiger partial charge >= 0.3 is 0 Å². The lowest BCUT2D eigenvalue weighted by atomic mass is 10.2. The molecule has 0 aliphatic carbocycles. The Balaban J connectivity index is 3.35. The van der Waals surface area contributed by atoms with Gasteiger partial charge in [-0.3, -0.25) is 0 Å². The fourth-order valence-corrected chi connectivity index (χ4v) is 1.55. The molecule has 0 aliphatic heterocycles. The lowest BCUT2D eigenvalue weighted by Crippen LogP contribution is -2.22. The summed E-state index contributed by atoms with van der Waals surface area (Å²) in [6.07, 6.45) is 1.84. The number of hydrogen-bond donors (Lipinski definition) is 0. The molecule has 84 valence electrons. The minimum absolute atomic E-state index is 0.992. The maximum Gasteiger partial charge on any atom is 0.153 e. The first-order chi connectivity index (χ1) is 6.95. The van der Waals surface area contributed by atoms with E-state index in [0.29, 0.717) is 0 Å². The van der Waals surface area contributed by atoms with Crippen molar-refractivity contribution in [1.29, 1.82) is 0 Å². The van der Waals surface area contributed by atoms with Crippen molar-refractivity contribution in [1.82, 2.24) is 4.98 Å². The second kappa shape index (κ2) is 4.38. The third-order valence-corrected chi connectivity index (χ3v) is 2.24. The molecule has 0 radical (unpaired) electrons. The molecule has 0 atom stereocenters. The van der Waals surface area contributed by atoms with Gasteiger partial charge < -0.3 is 14.7 Å². The maximum atomic E-state index is 4.40. The average molecular weight is 208 g/mol. The first kappa shape index (κ1) is 11.6. The molecule has 1 aromatic rings. The van der Waals surface area contributed by atoms with Crippen LogP contribution in [-0.2, 0) is 0 Å². The standard InChI is InChI=1S/C11H20N4/c1-13(2)9-7-8-12-11(15(5)6)10(9)14(3)4/h7-8H,1-6H3. The van der Waals surface area contributed by atoms with Gasteiger partial charge in [-0.15, -0.1) is 0 Å². The van der Waals surface area contributed by atoms with Crippen molar-refractivity contribution < 1.29 is 0 Å². The Bertz CT molecular complexity index is 305. The fraction of sp³-hybridized carbons (Fsp3) is 0.545. The zero-order valence-corrected chi connectivity index (χ0v) is 10.4. The van der Waals surface area contributed by atoms with Crippen molar-refractivity contribution in [3.05, 3.63) is 12.3 Å². The first-order valence-electron chi connectivity index (χ1n) is 4.96. The van der Waals surface area contributed by atoms with Crippen LogP contribution in [-0.4, -0.2) is 47.3 Å². The first-order valence-corrected chi connectivity index (χ1v) is 4.96. The predicted molar refractivity (Wildman–Crippen MR) is 67.2 cm³/mol. The highest BCUT2D eigenvalue weighted by Crippen LogP contribution is 2.33. The summed E-state index contributed by atoms with van der Waals surface area (Å²) in [4.78, 5) is 10.6. The van der Waals surface area contributed by atoms with E-state index in [0.717, 1.165) is 11.5 Å². The average Bonchev–Trinajstić information content (AvgIpc) is 2.16. The van der Waals surface area contributed by atoms with Crippen molar-refractivity contribution in [2.75, 3.05) is 57.0 Å². The summed E-state index contributed by atoms with van der Waals surface area (Å²) in [5, 5.41) is 0. The van der Waals surface area contributed by atoms with E-state index in [1.165, 1.54) is 5.69 Å². The zero-order chi connectivity index (χ0) is 11.6. The summed E-state index contributed by atoms with van der Waals surface area (Å²) in [7, 11) is 12.2. The topological polar surface area (TPSA) is 22.6 Å². The van der Waals surface area contributed by atoms with Gasteiger partial charge in [0.1, 0.15) is 5.69 Å². The third kappa shape index (κ3) is 2.32. The summed E-state index contributed by atoms with van der Waals surface area (Å²) in [5.74, 6) is 0.992. The molecule has 1 aromatic heterocycles. The Morgan fingerprint density at radius 3 is 1.87 bits per heavy atom. The fourth-order valence-electron chi connectivity index (χ4n) is 1.55. The molecule has 0 aliphatic rings. The molecule has 0 aromatic carbocycles. The highest BCUT2D eigenvalue weighted by atomic mass is 15.2. The van der Waals surface area contributed by atoms with Crippen LogP contribution in [0.25, 0.3) is 0 Å². The molecule has 0 bridgehead atoms. The van der Waals surface area contributed by atoms with E-state index in [9.17, 15) is 0 Å². The highest BCUT2D eigenvalue weighted by Gasteiger charge is 2.14. The van der Waals surface area contributed by atoms with Crippen LogP contribution in [0.1, 0.15) is 0 Å². The minimum Gasteiger partial charge on any atom is -0.376 e. The van der Waals surface area contributed by atoms with Crippen LogP contribution in [0.2, 0.25) is 0 Å². The second-order valence-corrected chi connectivity index (χ2v) is 4.19. The van der Waals surface area contributed by atoms with Gasteiger partial charge in [0, 0.05) is 48.5 Å². The van der Waals surface area contributed by atoms with Crippen molar-refractivity contribution in [3.63, 3.8) is 0 Å². The molecule has 0 fully saturated rings. The van der Waals surface area contributed by atoms with Crippen LogP contribution < -0.4 is 14.7 Å². The molecule has 0 unspecified atom stereocenters. The van der Waals surface area contributed by atoms with E-state index in [2.05, 4.69) is 14.8 Å². The summed E-state index contributed by atoms with van der Waals surface area (Å²) in [6, 6.07) is 2.03. The lowest BCUT2D eigenvalue weighted by Gasteiger charge is -2.27. The maximum absolute atomic E-state index is 4.40. The SMILES string of the molecule is CN(C)c1ccnc(N(C)C)c1N(C)C. The Kier molecular flexibility index (Phi) is 3.39. The van der Waals surface area contributed by atoms with Gasteiger partial charge in [-0.1, -0.05) is 0 Å². The van der Waals surface area contributed by atoms with Crippen molar-refractivity contribution in [2.45, 2.75) is 0 Å². The third-order valence-electron chi connectivity index (χ3n) is 2.24.